The van der Waals surface area contributed by atoms with Crippen molar-refractivity contribution in [2.75, 3.05) is 11.4 Å². The number of halogens is 1. The van der Waals surface area contributed by atoms with Gasteiger partial charge in [0.25, 0.3) is 0 Å². The van der Waals surface area contributed by atoms with E-state index in [-0.39, 0.29) is 11.8 Å². The molecule has 0 radical (unpaired) electrons. The number of anilines is 1. The van der Waals surface area contributed by atoms with E-state index in [4.69, 9.17) is 0 Å². The van der Waals surface area contributed by atoms with Gasteiger partial charge in [-0.3, -0.25) is 9.59 Å². The van der Waals surface area contributed by atoms with Gasteiger partial charge in [-0.25, -0.2) is 4.79 Å². The first kappa shape index (κ1) is 17.0. The Labute approximate surface area is 148 Å². The minimum Gasteiger partial charge on any atom is -0.480 e. The second-order valence-electron chi connectivity index (χ2n) is 6.55. The number of carbonyl (C=O) groups is 3. The molecule has 1 saturated carbocycles. The minimum atomic E-state index is -1.29. The van der Waals surface area contributed by atoms with Crippen molar-refractivity contribution in [2.45, 2.75) is 31.7 Å². The highest BCUT2D eigenvalue weighted by atomic mass is 79.9. The van der Waals surface area contributed by atoms with Crippen LogP contribution in [0.15, 0.2) is 28.7 Å². The monoisotopic (exact) mass is 394 g/mol. The van der Waals surface area contributed by atoms with E-state index in [1.807, 2.05) is 24.3 Å². The molecule has 2 amide bonds. The largest absolute Gasteiger partial charge is 0.480 e. The summed E-state index contributed by atoms with van der Waals surface area (Å²) in [5, 5.41) is 12.1. The Morgan fingerprint density at radius 3 is 2.54 bits per heavy atom. The van der Waals surface area contributed by atoms with Crippen LogP contribution in [-0.4, -0.2) is 35.0 Å². The Morgan fingerprint density at radius 1 is 1.29 bits per heavy atom. The predicted octanol–water partition coefficient (Wildman–Crippen LogP) is 2.17. The molecule has 1 aromatic rings. The third-order valence-electron chi connectivity index (χ3n) is 4.89. The zero-order valence-electron chi connectivity index (χ0n) is 13.3. The Kier molecular flexibility index (Phi) is 4.38. The van der Waals surface area contributed by atoms with E-state index in [9.17, 15) is 19.5 Å². The van der Waals surface area contributed by atoms with Crippen LogP contribution in [0.2, 0.25) is 0 Å². The van der Waals surface area contributed by atoms with Crippen molar-refractivity contribution in [3.63, 3.8) is 0 Å². The van der Waals surface area contributed by atoms with Crippen molar-refractivity contribution in [1.82, 2.24) is 5.32 Å². The number of aliphatic carboxylic acids is 1. The molecule has 0 unspecified atom stereocenters. The lowest BCUT2D eigenvalue weighted by molar-refractivity contribution is -0.149. The maximum Gasteiger partial charge on any atom is 0.329 e. The average molecular weight is 395 g/mol. The number of hydrogen-bond donors (Lipinski definition) is 2. The van der Waals surface area contributed by atoms with E-state index in [0.717, 1.165) is 23.0 Å². The average Bonchev–Trinajstić information content (AvgIpc) is 3.31. The number of carbonyl (C=O) groups excluding carboxylic acids is 2. The maximum absolute atomic E-state index is 12.6. The van der Waals surface area contributed by atoms with E-state index in [1.54, 1.807) is 4.90 Å². The van der Waals surface area contributed by atoms with Gasteiger partial charge < -0.3 is 15.3 Å². The fourth-order valence-corrected chi connectivity index (χ4v) is 3.67. The summed E-state index contributed by atoms with van der Waals surface area (Å²) in [4.78, 5) is 38.3. The van der Waals surface area contributed by atoms with E-state index in [0.29, 0.717) is 13.0 Å². The highest BCUT2D eigenvalue weighted by Gasteiger charge is 2.50. The van der Waals surface area contributed by atoms with Gasteiger partial charge >= 0.3 is 5.97 Å². The van der Waals surface area contributed by atoms with Crippen LogP contribution in [0.1, 0.15) is 26.2 Å². The van der Waals surface area contributed by atoms with E-state index < -0.39 is 23.3 Å². The van der Waals surface area contributed by atoms with Gasteiger partial charge in [0.15, 0.2) is 0 Å². The number of para-hydroxylation sites is 1. The SMILES string of the molecule is C[C@](NC(=O)[C@@H]1CCN(c2ccccc2Br)C1=O)(C(=O)O)C1CC1. The Morgan fingerprint density at radius 2 is 1.96 bits per heavy atom. The van der Waals surface area contributed by atoms with Crippen LogP contribution in [0, 0.1) is 11.8 Å². The van der Waals surface area contributed by atoms with Gasteiger partial charge in [0.1, 0.15) is 11.5 Å². The number of amides is 2. The lowest BCUT2D eigenvalue weighted by Gasteiger charge is -2.27. The van der Waals surface area contributed by atoms with Gasteiger partial charge in [-0.2, -0.15) is 0 Å². The van der Waals surface area contributed by atoms with Crippen LogP contribution >= 0.6 is 15.9 Å². The summed E-state index contributed by atoms with van der Waals surface area (Å²) in [5.74, 6) is -2.73. The van der Waals surface area contributed by atoms with Crippen LogP contribution < -0.4 is 10.2 Å². The number of rotatable bonds is 5. The van der Waals surface area contributed by atoms with Crippen molar-refractivity contribution < 1.29 is 19.5 Å². The molecule has 128 valence electrons. The second kappa shape index (κ2) is 6.20. The molecule has 1 aliphatic heterocycles. The number of benzene rings is 1. The molecule has 2 N–H and O–H groups in total. The molecule has 1 aromatic carbocycles. The molecule has 7 heteroatoms. The normalized spacial score (nSPS) is 23.0. The maximum atomic E-state index is 12.6. The van der Waals surface area contributed by atoms with Crippen molar-refractivity contribution in [1.29, 1.82) is 0 Å². The minimum absolute atomic E-state index is 0.0603. The number of nitrogens with zero attached hydrogens (tertiary/aromatic N) is 1. The van der Waals surface area contributed by atoms with Gasteiger partial charge in [-0.15, -0.1) is 0 Å². The standard InChI is InChI=1S/C17H19BrN2O4/c1-17(16(23)24,10-6-7-10)19-14(21)11-8-9-20(15(11)22)13-5-3-2-4-12(13)18/h2-5,10-11H,6-9H2,1H3,(H,19,21)(H,23,24)/t11-,17+/m0/s1. The van der Waals surface area contributed by atoms with Crippen LogP contribution in [0.25, 0.3) is 0 Å². The number of carboxylic acid groups (broad SMARTS) is 1. The van der Waals surface area contributed by atoms with Crippen molar-refractivity contribution in [3.8, 4) is 0 Å². The summed E-state index contributed by atoms with van der Waals surface area (Å²) < 4.78 is 0.785. The van der Waals surface area contributed by atoms with Gasteiger partial charge in [-0.1, -0.05) is 12.1 Å². The lowest BCUT2D eigenvalue weighted by Crippen LogP contribution is -2.56. The Hall–Kier alpha value is -1.89. The van der Waals surface area contributed by atoms with Crippen LogP contribution in [0.5, 0.6) is 0 Å². The van der Waals surface area contributed by atoms with Crippen molar-refractivity contribution >= 4 is 39.4 Å². The van der Waals surface area contributed by atoms with Gasteiger partial charge in [-0.05, 0) is 60.2 Å². The zero-order valence-corrected chi connectivity index (χ0v) is 14.9. The van der Waals surface area contributed by atoms with Gasteiger partial charge in [0.2, 0.25) is 11.8 Å². The van der Waals surface area contributed by atoms with E-state index in [1.165, 1.54) is 6.92 Å². The molecule has 1 saturated heterocycles. The van der Waals surface area contributed by atoms with Crippen LogP contribution in [0.4, 0.5) is 5.69 Å². The van der Waals surface area contributed by atoms with Gasteiger partial charge in [0, 0.05) is 11.0 Å². The highest BCUT2D eigenvalue weighted by molar-refractivity contribution is 9.10. The number of hydrogen-bond acceptors (Lipinski definition) is 3. The molecule has 6 nitrogen and oxygen atoms in total. The summed E-state index contributed by atoms with van der Waals surface area (Å²) >= 11 is 3.41. The third-order valence-corrected chi connectivity index (χ3v) is 5.56. The Bertz CT molecular complexity index is 704. The molecule has 2 atom stereocenters. The molecule has 3 rings (SSSR count). The topological polar surface area (TPSA) is 86.7 Å². The molecule has 1 heterocycles. The zero-order chi connectivity index (χ0) is 17.5. The Balaban J connectivity index is 1.74. The lowest BCUT2D eigenvalue weighted by atomic mass is 9.94. The van der Waals surface area contributed by atoms with Crippen LogP contribution in [-0.2, 0) is 14.4 Å². The summed E-state index contributed by atoms with van der Waals surface area (Å²) in [5.41, 5.74) is -0.570. The fraction of sp³-hybridized carbons (Fsp3) is 0.471. The first-order valence-corrected chi connectivity index (χ1v) is 8.75. The van der Waals surface area contributed by atoms with Gasteiger partial charge in [0.05, 0.1) is 5.69 Å². The highest BCUT2D eigenvalue weighted by Crippen LogP contribution is 2.40. The first-order valence-electron chi connectivity index (χ1n) is 7.96. The number of nitrogens with one attached hydrogen (secondary N) is 1. The molecule has 1 aliphatic carbocycles. The van der Waals surface area contributed by atoms with E-state index in [2.05, 4.69) is 21.2 Å². The first-order chi connectivity index (χ1) is 11.3. The summed E-state index contributed by atoms with van der Waals surface area (Å²) in [6.07, 6.45) is 1.95. The summed E-state index contributed by atoms with van der Waals surface area (Å²) in [7, 11) is 0. The second-order valence-corrected chi connectivity index (χ2v) is 7.41. The van der Waals surface area contributed by atoms with Crippen LogP contribution in [0.3, 0.4) is 0 Å². The summed E-state index contributed by atoms with van der Waals surface area (Å²) in [6, 6.07) is 7.33. The quantitative estimate of drug-likeness (QED) is 0.749. The molecule has 0 bridgehead atoms. The third kappa shape index (κ3) is 2.92. The molecule has 2 fully saturated rings. The molecule has 24 heavy (non-hydrogen) atoms. The summed E-state index contributed by atoms with van der Waals surface area (Å²) in [6.45, 7) is 1.96. The molecule has 2 aliphatic rings. The molecule has 0 aromatic heterocycles. The number of carboxylic acids is 1. The molecular weight excluding hydrogens is 376 g/mol. The molecular formula is C17H19BrN2O4. The van der Waals surface area contributed by atoms with Crippen molar-refractivity contribution in [3.05, 3.63) is 28.7 Å². The van der Waals surface area contributed by atoms with E-state index >= 15 is 0 Å². The smallest absolute Gasteiger partial charge is 0.329 e. The molecule has 0 spiro atoms. The predicted molar refractivity (Wildman–Crippen MR) is 91.5 cm³/mol. The van der Waals surface area contributed by atoms with Crippen molar-refractivity contribution in [2.24, 2.45) is 11.8 Å². The fourth-order valence-electron chi connectivity index (χ4n) is 3.17.